The number of fused-ring (bicyclic) bond motifs is 1. The van der Waals surface area contributed by atoms with Crippen LogP contribution in [-0.4, -0.2) is 39.7 Å². The highest BCUT2D eigenvalue weighted by molar-refractivity contribution is 8.00. The van der Waals surface area contributed by atoms with E-state index in [4.69, 9.17) is 4.98 Å². The summed E-state index contributed by atoms with van der Waals surface area (Å²) in [7, 11) is 3.61. The van der Waals surface area contributed by atoms with Gasteiger partial charge in [0.25, 0.3) is 0 Å². The van der Waals surface area contributed by atoms with E-state index < -0.39 is 0 Å². The fourth-order valence-electron chi connectivity index (χ4n) is 2.29. The van der Waals surface area contributed by atoms with Gasteiger partial charge in [0.2, 0.25) is 5.91 Å². The lowest BCUT2D eigenvalue weighted by atomic mass is 10.1. The average Bonchev–Trinajstić information content (AvgIpc) is 2.80. The molecule has 1 aromatic heterocycles. The Morgan fingerprint density at radius 3 is 2.57 bits per heavy atom. The molecule has 4 nitrogen and oxygen atoms in total. The van der Waals surface area contributed by atoms with Crippen LogP contribution in [0.25, 0.3) is 11.0 Å². The topological polar surface area (TPSA) is 38.1 Å². The summed E-state index contributed by atoms with van der Waals surface area (Å²) in [5, 5.41) is 0.815. The molecule has 0 aliphatic carbocycles. The summed E-state index contributed by atoms with van der Waals surface area (Å²) < 4.78 is 2.18. The van der Waals surface area contributed by atoms with E-state index in [0.29, 0.717) is 0 Å². The van der Waals surface area contributed by atoms with Crippen LogP contribution in [0, 0.1) is 5.92 Å². The third-order valence-corrected chi connectivity index (χ3v) is 4.98. The molecule has 1 amide bonds. The van der Waals surface area contributed by atoms with Crippen molar-refractivity contribution >= 4 is 28.7 Å². The zero-order chi connectivity index (χ0) is 15.6. The Bertz CT molecular complexity index is 633. The SMILES string of the molecule is CCn1c(SC(C(=O)N(C)C)C(C)C)nc2ccccc21. The van der Waals surface area contributed by atoms with Crippen molar-refractivity contribution in [1.82, 2.24) is 14.5 Å². The summed E-state index contributed by atoms with van der Waals surface area (Å²) in [5.41, 5.74) is 2.11. The van der Waals surface area contributed by atoms with Gasteiger partial charge < -0.3 is 9.47 Å². The highest BCUT2D eigenvalue weighted by Gasteiger charge is 2.27. The Balaban J connectivity index is 2.39. The molecule has 2 aromatic rings. The average molecular weight is 305 g/mol. The molecule has 0 saturated heterocycles. The largest absolute Gasteiger partial charge is 0.348 e. The van der Waals surface area contributed by atoms with Gasteiger partial charge in [-0.05, 0) is 25.0 Å². The van der Waals surface area contributed by atoms with Crippen molar-refractivity contribution in [3.8, 4) is 0 Å². The number of benzene rings is 1. The van der Waals surface area contributed by atoms with Crippen LogP contribution in [0.1, 0.15) is 20.8 Å². The molecule has 2 rings (SSSR count). The maximum atomic E-state index is 12.4. The molecular formula is C16H23N3OS. The van der Waals surface area contributed by atoms with Crippen LogP contribution in [-0.2, 0) is 11.3 Å². The van der Waals surface area contributed by atoms with E-state index in [1.807, 2.05) is 18.2 Å². The molecule has 0 aliphatic heterocycles. The molecule has 0 aliphatic rings. The van der Waals surface area contributed by atoms with Crippen LogP contribution in [0.15, 0.2) is 29.4 Å². The number of nitrogens with zero attached hydrogens (tertiary/aromatic N) is 3. The van der Waals surface area contributed by atoms with Gasteiger partial charge in [-0.15, -0.1) is 0 Å². The van der Waals surface area contributed by atoms with Gasteiger partial charge in [0.15, 0.2) is 5.16 Å². The fourth-order valence-corrected chi connectivity index (χ4v) is 3.61. The lowest BCUT2D eigenvalue weighted by Crippen LogP contribution is -2.35. The van der Waals surface area contributed by atoms with E-state index in [2.05, 4.69) is 31.4 Å². The van der Waals surface area contributed by atoms with Gasteiger partial charge in [-0.1, -0.05) is 37.7 Å². The Kier molecular flexibility index (Phi) is 4.93. The van der Waals surface area contributed by atoms with Gasteiger partial charge in [-0.2, -0.15) is 0 Å². The quantitative estimate of drug-likeness (QED) is 0.796. The molecule has 5 heteroatoms. The van der Waals surface area contributed by atoms with Crippen molar-refractivity contribution in [2.24, 2.45) is 5.92 Å². The first-order valence-electron chi connectivity index (χ1n) is 7.28. The smallest absolute Gasteiger partial charge is 0.235 e. The van der Waals surface area contributed by atoms with Crippen LogP contribution >= 0.6 is 11.8 Å². The van der Waals surface area contributed by atoms with Crippen LogP contribution in [0.2, 0.25) is 0 Å². The number of thioether (sulfide) groups is 1. The van der Waals surface area contributed by atoms with Crippen LogP contribution in [0.5, 0.6) is 0 Å². The zero-order valence-corrected chi connectivity index (χ0v) is 14.1. The molecule has 0 fully saturated rings. The van der Waals surface area contributed by atoms with Gasteiger partial charge in [0.1, 0.15) is 0 Å². The summed E-state index contributed by atoms with van der Waals surface area (Å²) in [5.74, 6) is 0.403. The molecule has 0 N–H and O–H groups in total. The number of amides is 1. The molecule has 114 valence electrons. The number of hydrogen-bond donors (Lipinski definition) is 0. The van der Waals surface area contributed by atoms with Crippen molar-refractivity contribution in [3.05, 3.63) is 24.3 Å². The molecule has 1 unspecified atom stereocenters. The van der Waals surface area contributed by atoms with E-state index in [1.165, 1.54) is 0 Å². The molecule has 0 bridgehead atoms. The van der Waals surface area contributed by atoms with Gasteiger partial charge in [-0.25, -0.2) is 4.98 Å². The summed E-state index contributed by atoms with van der Waals surface area (Å²) >= 11 is 1.57. The predicted molar refractivity (Wildman–Crippen MR) is 88.6 cm³/mol. The van der Waals surface area contributed by atoms with E-state index in [-0.39, 0.29) is 17.1 Å². The minimum absolute atomic E-state index is 0.109. The second kappa shape index (κ2) is 6.52. The molecule has 0 saturated carbocycles. The molecule has 1 aromatic carbocycles. The predicted octanol–water partition coefficient (Wildman–Crippen LogP) is 3.26. The Labute approximate surface area is 130 Å². The minimum Gasteiger partial charge on any atom is -0.348 e. The lowest BCUT2D eigenvalue weighted by molar-refractivity contribution is -0.128. The summed E-state index contributed by atoms with van der Waals surface area (Å²) in [6.45, 7) is 7.12. The Morgan fingerprint density at radius 2 is 2.00 bits per heavy atom. The zero-order valence-electron chi connectivity index (χ0n) is 13.3. The standard InChI is InChI=1S/C16H23N3OS/c1-6-19-13-10-8-7-9-12(13)17-16(19)21-14(11(2)3)15(20)18(4)5/h7-11,14H,6H2,1-5H3. The summed E-state index contributed by atoms with van der Waals surface area (Å²) in [4.78, 5) is 18.7. The molecule has 0 radical (unpaired) electrons. The van der Waals surface area contributed by atoms with E-state index in [9.17, 15) is 4.79 Å². The number of aryl methyl sites for hydroxylation is 1. The summed E-state index contributed by atoms with van der Waals surface area (Å²) in [6.07, 6.45) is 0. The normalized spacial score (nSPS) is 12.9. The maximum Gasteiger partial charge on any atom is 0.235 e. The van der Waals surface area contributed by atoms with Crippen molar-refractivity contribution in [2.45, 2.75) is 37.7 Å². The number of carbonyl (C=O) groups is 1. The number of para-hydroxylation sites is 2. The van der Waals surface area contributed by atoms with Gasteiger partial charge in [-0.3, -0.25) is 4.79 Å². The third kappa shape index (κ3) is 3.23. The van der Waals surface area contributed by atoms with Crippen molar-refractivity contribution in [1.29, 1.82) is 0 Å². The van der Waals surface area contributed by atoms with Crippen molar-refractivity contribution in [2.75, 3.05) is 14.1 Å². The molecular weight excluding hydrogens is 282 g/mol. The Hall–Kier alpha value is -1.49. The first-order valence-corrected chi connectivity index (χ1v) is 8.16. The number of rotatable bonds is 5. The number of aromatic nitrogens is 2. The number of carbonyl (C=O) groups excluding carboxylic acids is 1. The third-order valence-electron chi connectivity index (χ3n) is 3.46. The van der Waals surface area contributed by atoms with Crippen LogP contribution in [0.3, 0.4) is 0 Å². The van der Waals surface area contributed by atoms with E-state index in [1.54, 1.807) is 30.8 Å². The number of imidazole rings is 1. The Morgan fingerprint density at radius 1 is 1.33 bits per heavy atom. The second-order valence-corrected chi connectivity index (χ2v) is 6.75. The monoisotopic (exact) mass is 305 g/mol. The second-order valence-electron chi connectivity index (χ2n) is 5.64. The highest BCUT2D eigenvalue weighted by atomic mass is 32.2. The molecule has 1 atom stereocenters. The van der Waals surface area contributed by atoms with Gasteiger partial charge in [0.05, 0.1) is 16.3 Å². The highest BCUT2D eigenvalue weighted by Crippen LogP contribution is 2.31. The summed E-state index contributed by atoms with van der Waals surface area (Å²) in [6, 6.07) is 8.11. The first kappa shape index (κ1) is 15.9. The van der Waals surface area contributed by atoms with Crippen LogP contribution < -0.4 is 0 Å². The fraction of sp³-hybridized carbons (Fsp3) is 0.500. The van der Waals surface area contributed by atoms with Crippen molar-refractivity contribution in [3.63, 3.8) is 0 Å². The number of hydrogen-bond acceptors (Lipinski definition) is 3. The van der Waals surface area contributed by atoms with Crippen molar-refractivity contribution < 1.29 is 4.79 Å². The first-order chi connectivity index (χ1) is 9.95. The molecule has 21 heavy (non-hydrogen) atoms. The van der Waals surface area contributed by atoms with E-state index >= 15 is 0 Å². The molecule has 0 spiro atoms. The van der Waals surface area contributed by atoms with E-state index in [0.717, 1.165) is 22.7 Å². The molecule has 1 heterocycles. The van der Waals surface area contributed by atoms with Gasteiger partial charge >= 0.3 is 0 Å². The minimum atomic E-state index is -0.109. The maximum absolute atomic E-state index is 12.4. The van der Waals surface area contributed by atoms with Gasteiger partial charge in [0, 0.05) is 20.6 Å². The van der Waals surface area contributed by atoms with Crippen LogP contribution in [0.4, 0.5) is 0 Å². The lowest BCUT2D eigenvalue weighted by Gasteiger charge is -2.23.